The van der Waals surface area contributed by atoms with Gasteiger partial charge in [-0.2, -0.15) is 13.2 Å². The Labute approximate surface area is 176 Å². The van der Waals surface area contributed by atoms with Crippen LogP contribution in [0.25, 0.3) is 0 Å². The third-order valence-corrected chi connectivity index (χ3v) is 5.89. The first-order valence-corrected chi connectivity index (χ1v) is 10.5. The molecule has 2 atom stereocenters. The Bertz CT molecular complexity index is 802. The molecule has 1 saturated heterocycles. The number of ether oxygens (including phenoxy) is 1. The Morgan fingerprint density at radius 2 is 1.80 bits per heavy atom. The summed E-state index contributed by atoms with van der Waals surface area (Å²) < 4.78 is 45.2. The highest BCUT2D eigenvalue weighted by molar-refractivity contribution is 5.28. The van der Waals surface area contributed by atoms with Crippen molar-refractivity contribution in [1.29, 1.82) is 0 Å². The molecule has 2 heterocycles. The molecule has 30 heavy (non-hydrogen) atoms. The number of aromatic nitrogens is 1. The number of aryl methyl sites for hydroxylation is 1. The van der Waals surface area contributed by atoms with Gasteiger partial charge in [0.2, 0.25) is 5.88 Å². The maximum absolute atomic E-state index is 13.0. The van der Waals surface area contributed by atoms with Gasteiger partial charge in [0.15, 0.2) is 0 Å². The number of alkyl halides is 3. The molecule has 1 aliphatic rings. The number of rotatable bonds is 7. The number of likely N-dealkylation sites (tertiary alicyclic amines) is 1. The summed E-state index contributed by atoms with van der Waals surface area (Å²) in [7, 11) is 0. The zero-order valence-corrected chi connectivity index (χ0v) is 17.5. The zero-order chi connectivity index (χ0) is 21.7. The predicted octanol–water partition coefficient (Wildman–Crippen LogP) is 4.98. The number of nitrogens with zero attached hydrogens (tertiary/aromatic N) is 2. The molecule has 2 aromatic rings. The van der Waals surface area contributed by atoms with E-state index < -0.39 is 11.7 Å². The second-order valence-electron chi connectivity index (χ2n) is 8.08. The Kier molecular flexibility index (Phi) is 7.36. The minimum atomic E-state index is -4.35. The van der Waals surface area contributed by atoms with Crippen LogP contribution in [0.1, 0.15) is 49.1 Å². The molecule has 0 saturated carbocycles. The third-order valence-electron chi connectivity index (χ3n) is 5.89. The topological polar surface area (TPSA) is 51.4 Å². The van der Waals surface area contributed by atoms with E-state index in [9.17, 15) is 13.2 Å². The molecule has 1 aliphatic heterocycles. The molecule has 3 rings (SSSR count). The first kappa shape index (κ1) is 22.6. The van der Waals surface area contributed by atoms with Crippen molar-refractivity contribution in [3.63, 3.8) is 0 Å². The van der Waals surface area contributed by atoms with E-state index in [0.717, 1.165) is 55.7 Å². The van der Waals surface area contributed by atoms with Gasteiger partial charge in [0, 0.05) is 23.7 Å². The van der Waals surface area contributed by atoms with Crippen molar-refractivity contribution >= 4 is 0 Å². The molecular weight excluding hydrogens is 391 g/mol. The van der Waals surface area contributed by atoms with Crippen LogP contribution < -0.4 is 10.5 Å². The van der Waals surface area contributed by atoms with Crippen molar-refractivity contribution in [2.75, 3.05) is 19.6 Å². The lowest BCUT2D eigenvalue weighted by atomic mass is 9.86. The number of hydrogen-bond acceptors (Lipinski definition) is 4. The molecule has 7 heteroatoms. The fraction of sp³-hybridized carbons (Fsp3) is 0.522. The van der Waals surface area contributed by atoms with Crippen LogP contribution in [-0.2, 0) is 6.18 Å². The van der Waals surface area contributed by atoms with Crippen LogP contribution in [-0.4, -0.2) is 35.6 Å². The van der Waals surface area contributed by atoms with Gasteiger partial charge in [-0.15, -0.1) is 0 Å². The molecule has 1 aromatic heterocycles. The van der Waals surface area contributed by atoms with Crippen LogP contribution >= 0.6 is 0 Å². The van der Waals surface area contributed by atoms with Gasteiger partial charge < -0.3 is 15.4 Å². The standard InChI is InChI=1S/C23H30F3N3O/c1-16-4-3-5-21(28-16)30-22(18-6-8-20(9-7-18)23(24,25)26)19-11-14-29(15-12-19)17(2)10-13-27/h3-9,17,19,22H,10-15,27H2,1-2H3/t17-,22?/m1/s1. The Hall–Kier alpha value is -2.12. The number of piperidine rings is 1. The summed E-state index contributed by atoms with van der Waals surface area (Å²) in [5, 5.41) is 0. The number of pyridine rings is 1. The molecule has 164 valence electrons. The van der Waals surface area contributed by atoms with Gasteiger partial charge in [0.1, 0.15) is 6.10 Å². The van der Waals surface area contributed by atoms with E-state index in [1.54, 1.807) is 6.07 Å². The molecule has 0 amide bonds. The average molecular weight is 422 g/mol. The van der Waals surface area contributed by atoms with Gasteiger partial charge in [-0.3, -0.25) is 0 Å². The molecule has 4 nitrogen and oxygen atoms in total. The highest BCUT2D eigenvalue weighted by Crippen LogP contribution is 2.37. The van der Waals surface area contributed by atoms with Crippen LogP contribution in [0.2, 0.25) is 0 Å². The van der Waals surface area contributed by atoms with E-state index >= 15 is 0 Å². The van der Waals surface area contributed by atoms with E-state index in [1.807, 2.05) is 19.1 Å². The molecule has 1 unspecified atom stereocenters. The molecule has 1 aromatic carbocycles. The molecule has 0 spiro atoms. The highest BCUT2D eigenvalue weighted by atomic mass is 19.4. The van der Waals surface area contributed by atoms with Crippen molar-refractivity contribution in [1.82, 2.24) is 9.88 Å². The SMILES string of the molecule is Cc1cccc(OC(c2ccc(C(F)(F)F)cc2)C2CCN([C@H](C)CCN)CC2)n1. The fourth-order valence-corrected chi connectivity index (χ4v) is 4.10. The van der Waals surface area contributed by atoms with E-state index in [1.165, 1.54) is 12.1 Å². The molecular formula is C23H30F3N3O. The van der Waals surface area contributed by atoms with Crippen molar-refractivity contribution in [3.05, 3.63) is 59.3 Å². The van der Waals surface area contributed by atoms with E-state index in [0.29, 0.717) is 18.5 Å². The largest absolute Gasteiger partial charge is 0.469 e. The van der Waals surface area contributed by atoms with Gasteiger partial charge in [-0.1, -0.05) is 18.2 Å². The number of benzene rings is 1. The minimum absolute atomic E-state index is 0.199. The van der Waals surface area contributed by atoms with Crippen LogP contribution in [0.5, 0.6) is 5.88 Å². The van der Waals surface area contributed by atoms with Crippen LogP contribution in [0.3, 0.4) is 0 Å². The third kappa shape index (κ3) is 5.73. The van der Waals surface area contributed by atoms with E-state index in [-0.39, 0.29) is 12.0 Å². The van der Waals surface area contributed by atoms with Crippen LogP contribution in [0.15, 0.2) is 42.5 Å². The molecule has 0 bridgehead atoms. The summed E-state index contributed by atoms with van der Waals surface area (Å²) in [6.45, 7) is 6.59. The summed E-state index contributed by atoms with van der Waals surface area (Å²) in [4.78, 5) is 6.86. The maximum Gasteiger partial charge on any atom is 0.416 e. The summed E-state index contributed by atoms with van der Waals surface area (Å²) in [6.07, 6.45) is -1.92. The molecule has 0 aliphatic carbocycles. The smallest absolute Gasteiger partial charge is 0.416 e. The first-order valence-electron chi connectivity index (χ1n) is 10.5. The fourth-order valence-electron chi connectivity index (χ4n) is 4.10. The molecule has 0 radical (unpaired) electrons. The Morgan fingerprint density at radius 3 is 2.37 bits per heavy atom. The van der Waals surface area contributed by atoms with Gasteiger partial charge in [-0.05, 0) is 76.5 Å². The Balaban J connectivity index is 1.80. The van der Waals surface area contributed by atoms with Crippen molar-refractivity contribution in [2.45, 2.75) is 51.4 Å². The van der Waals surface area contributed by atoms with Crippen LogP contribution in [0.4, 0.5) is 13.2 Å². The maximum atomic E-state index is 13.0. The first-order chi connectivity index (χ1) is 14.3. The van der Waals surface area contributed by atoms with Crippen molar-refractivity contribution in [2.24, 2.45) is 11.7 Å². The molecule has 2 N–H and O–H groups in total. The second kappa shape index (κ2) is 9.79. The summed E-state index contributed by atoms with van der Waals surface area (Å²) in [5.41, 5.74) is 6.63. The monoisotopic (exact) mass is 421 g/mol. The number of halogens is 3. The highest BCUT2D eigenvalue weighted by Gasteiger charge is 2.33. The summed E-state index contributed by atoms with van der Waals surface area (Å²) >= 11 is 0. The lowest BCUT2D eigenvalue weighted by Crippen LogP contribution is -2.42. The van der Waals surface area contributed by atoms with Gasteiger partial charge >= 0.3 is 6.18 Å². The number of hydrogen-bond donors (Lipinski definition) is 1. The van der Waals surface area contributed by atoms with Gasteiger partial charge in [0.05, 0.1) is 5.56 Å². The predicted molar refractivity (Wildman–Crippen MR) is 111 cm³/mol. The van der Waals surface area contributed by atoms with Crippen molar-refractivity contribution < 1.29 is 17.9 Å². The Morgan fingerprint density at radius 1 is 1.13 bits per heavy atom. The lowest BCUT2D eigenvalue weighted by Gasteiger charge is -2.39. The average Bonchev–Trinajstić information content (AvgIpc) is 2.72. The minimum Gasteiger partial charge on any atom is -0.469 e. The normalized spacial score (nSPS) is 18.2. The van der Waals surface area contributed by atoms with Crippen LogP contribution in [0, 0.1) is 12.8 Å². The van der Waals surface area contributed by atoms with Crippen molar-refractivity contribution in [3.8, 4) is 5.88 Å². The van der Waals surface area contributed by atoms with Gasteiger partial charge in [-0.25, -0.2) is 4.98 Å². The zero-order valence-electron chi connectivity index (χ0n) is 17.5. The van der Waals surface area contributed by atoms with E-state index in [4.69, 9.17) is 10.5 Å². The number of nitrogens with two attached hydrogens (primary N) is 1. The lowest BCUT2D eigenvalue weighted by molar-refractivity contribution is -0.137. The second-order valence-corrected chi connectivity index (χ2v) is 8.08. The quantitative estimate of drug-likeness (QED) is 0.685. The summed E-state index contributed by atoms with van der Waals surface area (Å²) in [6, 6.07) is 11.3. The molecule has 1 fully saturated rings. The summed E-state index contributed by atoms with van der Waals surface area (Å²) in [5.74, 6) is 0.698. The van der Waals surface area contributed by atoms with Gasteiger partial charge in [0.25, 0.3) is 0 Å². The van der Waals surface area contributed by atoms with E-state index in [2.05, 4.69) is 16.8 Å².